The molecule has 116 valence electrons. The van der Waals surface area contributed by atoms with E-state index in [9.17, 15) is 13.2 Å². The van der Waals surface area contributed by atoms with Gasteiger partial charge in [-0.05, 0) is 29.8 Å². The molecule has 7 heteroatoms. The van der Waals surface area contributed by atoms with Crippen LogP contribution in [0.3, 0.4) is 0 Å². The summed E-state index contributed by atoms with van der Waals surface area (Å²) >= 11 is 5.76. The third kappa shape index (κ3) is 3.85. The Hall–Kier alpha value is -1.89. The van der Waals surface area contributed by atoms with E-state index in [1.165, 1.54) is 31.3 Å². The molecule has 0 saturated carbocycles. The van der Waals surface area contributed by atoms with Crippen LogP contribution in [0.25, 0.3) is 0 Å². The topological polar surface area (TPSA) is 75.3 Å². The van der Waals surface area contributed by atoms with Crippen molar-refractivity contribution in [2.24, 2.45) is 0 Å². The maximum atomic E-state index is 12.4. The van der Waals surface area contributed by atoms with Crippen LogP contribution in [-0.4, -0.2) is 21.4 Å². The van der Waals surface area contributed by atoms with Gasteiger partial charge in [-0.15, -0.1) is 0 Å². The lowest BCUT2D eigenvalue weighted by atomic mass is 10.1. The number of benzene rings is 2. The number of carbonyl (C=O) groups excluding carboxylic acids is 1. The molecule has 0 spiro atoms. The third-order valence-electron chi connectivity index (χ3n) is 3.04. The summed E-state index contributed by atoms with van der Waals surface area (Å²) in [6.45, 7) is 0. The van der Waals surface area contributed by atoms with E-state index in [0.29, 0.717) is 10.6 Å². The second-order valence-corrected chi connectivity index (χ2v) is 6.68. The van der Waals surface area contributed by atoms with E-state index in [1.807, 2.05) is 0 Å². The second-order valence-electron chi connectivity index (χ2n) is 4.53. The molecule has 5 nitrogen and oxygen atoms in total. The summed E-state index contributed by atoms with van der Waals surface area (Å²) in [7, 11) is -2.40. The minimum atomic E-state index is -3.85. The lowest BCUT2D eigenvalue weighted by Gasteiger charge is -2.17. The van der Waals surface area contributed by atoms with Gasteiger partial charge in [0, 0.05) is 12.1 Å². The highest BCUT2D eigenvalue weighted by Gasteiger charge is 2.26. The van der Waals surface area contributed by atoms with E-state index < -0.39 is 22.0 Å². The van der Waals surface area contributed by atoms with Crippen molar-refractivity contribution in [1.29, 1.82) is 0 Å². The summed E-state index contributed by atoms with van der Waals surface area (Å²) < 4.78 is 27.2. The van der Waals surface area contributed by atoms with Gasteiger partial charge in [0.1, 0.15) is 6.04 Å². The molecule has 0 saturated heterocycles. The smallest absolute Gasteiger partial charge is 0.242 e. The quantitative estimate of drug-likeness (QED) is 0.876. The number of halogens is 1. The number of carbonyl (C=O) groups is 1. The van der Waals surface area contributed by atoms with Crippen LogP contribution in [0.15, 0.2) is 59.5 Å². The Balaban J connectivity index is 2.34. The normalized spacial score (nSPS) is 12.6. The summed E-state index contributed by atoms with van der Waals surface area (Å²) in [5.74, 6) is -0.441. The van der Waals surface area contributed by atoms with Crippen molar-refractivity contribution in [2.75, 3.05) is 7.05 Å². The van der Waals surface area contributed by atoms with Crippen molar-refractivity contribution in [1.82, 2.24) is 10.0 Å². The molecule has 0 heterocycles. The van der Waals surface area contributed by atoms with Gasteiger partial charge in [0.25, 0.3) is 0 Å². The second kappa shape index (κ2) is 6.91. The van der Waals surface area contributed by atoms with Crippen molar-refractivity contribution in [3.63, 3.8) is 0 Å². The molecule has 0 fully saturated rings. The molecule has 2 aromatic rings. The zero-order chi connectivity index (χ0) is 16.2. The summed E-state index contributed by atoms with van der Waals surface area (Å²) in [6, 6.07) is 13.4. The van der Waals surface area contributed by atoms with Crippen LogP contribution < -0.4 is 10.0 Å². The molecule has 0 aliphatic carbocycles. The van der Waals surface area contributed by atoms with E-state index in [4.69, 9.17) is 11.6 Å². The molecule has 1 atom stereocenters. The zero-order valence-corrected chi connectivity index (χ0v) is 13.4. The van der Waals surface area contributed by atoms with Gasteiger partial charge in [-0.2, -0.15) is 4.72 Å². The minimum absolute atomic E-state index is 0.0433. The number of rotatable bonds is 5. The monoisotopic (exact) mass is 338 g/mol. The van der Waals surface area contributed by atoms with Gasteiger partial charge in [0.2, 0.25) is 15.9 Å². The standard InChI is InChI=1S/C15H15ClN2O3S/c1-17-15(19)14(11-5-3-2-4-6-11)18-22(20,21)13-9-7-12(16)8-10-13/h2-10,14,18H,1H3,(H,17,19)/t14-/m1/s1. The Morgan fingerprint density at radius 3 is 2.18 bits per heavy atom. The highest BCUT2D eigenvalue weighted by molar-refractivity contribution is 7.89. The maximum absolute atomic E-state index is 12.4. The fourth-order valence-electron chi connectivity index (χ4n) is 1.90. The lowest BCUT2D eigenvalue weighted by molar-refractivity contribution is -0.122. The van der Waals surface area contributed by atoms with E-state index in [2.05, 4.69) is 10.0 Å². The summed E-state index contributed by atoms with van der Waals surface area (Å²) in [5.41, 5.74) is 0.555. The SMILES string of the molecule is CNC(=O)[C@H](NS(=O)(=O)c1ccc(Cl)cc1)c1ccccc1. The number of sulfonamides is 1. The lowest BCUT2D eigenvalue weighted by Crippen LogP contribution is -2.39. The predicted octanol–water partition coefficient (Wildman–Crippen LogP) is 2.11. The largest absolute Gasteiger partial charge is 0.357 e. The molecular weight excluding hydrogens is 324 g/mol. The Labute approximate surface area is 134 Å². The van der Waals surface area contributed by atoms with Crippen molar-refractivity contribution in [3.05, 3.63) is 65.2 Å². The Kier molecular flexibility index (Phi) is 5.18. The molecule has 0 bridgehead atoms. The van der Waals surface area contributed by atoms with Crippen molar-refractivity contribution in [3.8, 4) is 0 Å². The van der Waals surface area contributed by atoms with Crippen LogP contribution in [0.2, 0.25) is 5.02 Å². The first kappa shape index (κ1) is 16.5. The van der Waals surface area contributed by atoms with E-state index in [-0.39, 0.29) is 4.90 Å². The van der Waals surface area contributed by atoms with Crippen LogP contribution in [0.5, 0.6) is 0 Å². The van der Waals surface area contributed by atoms with Gasteiger partial charge in [-0.25, -0.2) is 8.42 Å². The van der Waals surface area contributed by atoms with Crippen LogP contribution in [0, 0.1) is 0 Å². The molecule has 1 amide bonds. The van der Waals surface area contributed by atoms with Crippen LogP contribution in [0.4, 0.5) is 0 Å². The van der Waals surface area contributed by atoms with Crippen LogP contribution >= 0.6 is 11.6 Å². The Bertz CT molecular complexity index is 746. The molecule has 2 aromatic carbocycles. The molecule has 0 aromatic heterocycles. The van der Waals surface area contributed by atoms with Gasteiger partial charge < -0.3 is 5.32 Å². The Morgan fingerprint density at radius 1 is 1.05 bits per heavy atom. The summed E-state index contributed by atoms with van der Waals surface area (Å²) in [5, 5.41) is 2.89. The molecule has 22 heavy (non-hydrogen) atoms. The average Bonchev–Trinajstić information content (AvgIpc) is 2.53. The summed E-state index contributed by atoms with van der Waals surface area (Å²) in [4.78, 5) is 12.1. The molecule has 2 N–H and O–H groups in total. The third-order valence-corrected chi connectivity index (χ3v) is 4.73. The van der Waals surface area contributed by atoms with Crippen molar-refractivity contribution >= 4 is 27.5 Å². The first-order chi connectivity index (χ1) is 10.4. The number of likely N-dealkylation sites (N-methyl/N-ethyl adjacent to an activating group) is 1. The minimum Gasteiger partial charge on any atom is -0.357 e. The number of hydrogen-bond acceptors (Lipinski definition) is 3. The molecule has 0 unspecified atom stereocenters. The average molecular weight is 339 g/mol. The number of amides is 1. The van der Waals surface area contributed by atoms with Crippen molar-refractivity contribution in [2.45, 2.75) is 10.9 Å². The first-order valence-electron chi connectivity index (χ1n) is 6.48. The van der Waals surface area contributed by atoms with Gasteiger partial charge in [0.05, 0.1) is 4.90 Å². The van der Waals surface area contributed by atoms with E-state index in [0.717, 1.165) is 0 Å². The number of hydrogen-bond donors (Lipinski definition) is 2. The first-order valence-corrected chi connectivity index (χ1v) is 8.34. The van der Waals surface area contributed by atoms with Gasteiger partial charge >= 0.3 is 0 Å². The van der Waals surface area contributed by atoms with Crippen LogP contribution in [0.1, 0.15) is 11.6 Å². The molecule has 2 rings (SSSR count). The van der Waals surface area contributed by atoms with Crippen LogP contribution in [-0.2, 0) is 14.8 Å². The predicted molar refractivity (Wildman–Crippen MR) is 85.0 cm³/mol. The van der Waals surface area contributed by atoms with Gasteiger partial charge in [-0.1, -0.05) is 41.9 Å². The number of nitrogens with one attached hydrogen (secondary N) is 2. The highest BCUT2D eigenvalue weighted by Crippen LogP contribution is 2.19. The highest BCUT2D eigenvalue weighted by atomic mass is 35.5. The van der Waals surface area contributed by atoms with E-state index in [1.54, 1.807) is 30.3 Å². The molecule has 0 aliphatic heterocycles. The van der Waals surface area contributed by atoms with E-state index >= 15 is 0 Å². The van der Waals surface area contributed by atoms with Crippen molar-refractivity contribution < 1.29 is 13.2 Å². The van der Waals surface area contributed by atoms with Gasteiger partial charge in [0.15, 0.2) is 0 Å². The fourth-order valence-corrected chi connectivity index (χ4v) is 3.21. The zero-order valence-electron chi connectivity index (χ0n) is 11.8. The maximum Gasteiger partial charge on any atom is 0.242 e. The summed E-state index contributed by atoms with van der Waals surface area (Å²) in [6.07, 6.45) is 0. The van der Waals surface area contributed by atoms with Gasteiger partial charge in [-0.3, -0.25) is 4.79 Å². The molecule has 0 radical (unpaired) electrons. The molecular formula is C15H15ClN2O3S. The fraction of sp³-hybridized carbons (Fsp3) is 0.133. The Morgan fingerprint density at radius 2 is 1.64 bits per heavy atom. The molecule has 0 aliphatic rings.